The van der Waals surface area contributed by atoms with Crippen molar-refractivity contribution >= 4 is 14.0 Å². The highest BCUT2D eigenvalue weighted by atomic mass is 28.4. The van der Waals surface area contributed by atoms with Gasteiger partial charge >= 0.3 is 0 Å². The second kappa shape index (κ2) is 8.82. The summed E-state index contributed by atoms with van der Waals surface area (Å²) in [6.07, 6.45) is 12.4. The van der Waals surface area contributed by atoms with Gasteiger partial charge in [-0.15, -0.1) is 0 Å². The molecule has 4 aliphatic carbocycles. The molecular formula is C29H45NO2Si. The Morgan fingerprint density at radius 3 is 2.48 bits per heavy atom. The Morgan fingerprint density at radius 1 is 0.939 bits per heavy atom. The van der Waals surface area contributed by atoms with Crippen molar-refractivity contribution in [2.75, 3.05) is 0 Å². The predicted molar refractivity (Wildman–Crippen MR) is 139 cm³/mol. The van der Waals surface area contributed by atoms with Gasteiger partial charge in [0.05, 0.1) is 5.71 Å². The van der Waals surface area contributed by atoms with Gasteiger partial charge in [0.15, 0.2) is 8.32 Å². The minimum absolute atomic E-state index is 0.249. The summed E-state index contributed by atoms with van der Waals surface area (Å²) in [6, 6.07) is 10.4. The van der Waals surface area contributed by atoms with E-state index in [1.54, 1.807) is 0 Å². The number of hydrogen-bond donors (Lipinski definition) is 0. The second-order valence-electron chi connectivity index (χ2n) is 13.1. The summed E-state index contributed by atoms with van der Waals surface area (Å²) in [5.74, 6) is 3.43. The molecule has 0 bridgehead atoms. The molecule has 0 amide bonds. The van der Waals surface area contributed by atoms with Crippen molar-refractivity contribution in [3.05, 3.63) is 35.9 Å². The number of fused-ring (bicyclic) bond motifs is 5. The lowest BCUT2D eigenvalue weighted by Gasteiger charge is -2.60. The van der Waals surface area contributed by atoms with Gasteiger partial charge in [-0.1, -0.05) is 49.3 Å². The first-order chi connectivity index (χ1) is 15.7. The van der Waals surface area contributed by atoms with Crippen LogP contribution in [-0.4, -0.2) is 20.1 Å². The third-order valence-corrected chi connectivity index (χ3v) is 11.2. The van der Waals surface area contributed by atoms with Crippen LogP contribution in [0.2, 0.25) is 19.6 Å². The fourth-order valence-corrected chi connectivity index (χ4v) is 9.74. The average molecular weight is 468 g/mol. The zero-order valence-corrected chi connectivity index (χ0v) is 22.6. The highest BCUT2D eigenvalue weighted by molar-refractivity contribution is 6.69. The van der Waals surface area contributed by atoms with Crippen LogP contribution in [0.5, 0.6) is 0 Å². The molecule has 182 valence electrons. The van der Waals surface area contributed by atoms with Crippen LogP contribution < -0.4 is 0 Å². The van der Waals surface area contributed by atoms with Crippen molar-refractivity contribution in [1.29, 1.82) is 0 Å². The summed E-state index contributed by atoms with van der Waals surface area (Å²) in [6.45, 7) is 12.8. The van der Waals surface area contributed by atoms with Gasteiger partial charge < -0.3 is 9.26 Å². The maximum absolute atomic E-state index is 6.59. The molecule has 0 aromatic heterocycles. The molecule has 3 nitrogen and oxygen atoms in total. The molecule has 4 heteroatoms. The van der Waals surface area contributed by atoms with Crippen molar-refractivity contribution in [2.45, 2.75) is 104 Å². The predicted octanol–water partition coefficient (Wildman–Crippen LogP) is 7.82. The lowest BCUT2D eigenvalue weighted by Crippen LogP contribution is -2.54. The van der Waals surface area contributed by atoms with Crippen LogP contribution in [0, 0.1) is 34.5 Å². The molecule has 0 aliphatic heterocycles. The average Bonchev–Trinajstić information content (AvgIpc) is 3.10. The molecule has 0 saturated heterocycles. The maximum atomic E-state index is 6.59. The Labute approximate surface area is 202 Å². The first-order valence-electron chi connectivity index (χ1n) is 13.6. The van der Waals surface area contributed by atoms with Crippen molar-refractivity contribution in [2.24, 2.45) is 39.7 Å². The first kappa shape index (κ1) is 23.6. The number of benzene rings is 1. The Morgan fingerprint density at radius 2 is 1.73 bits per heavy atom. The number of oxime groups is 1. The van der Waals surface area contributed by atoms with Crippen LogP contribution in [0.3, 0.4) is 0 Å². The minimum Gasteiger partial charge on any atom is -0.415 e. The van der Waals surface area contributed by atoms with Crippen LogP contribution in [-0.2, 0) is 15.9 Å². The molecule has 4 saturated carbocycles. The fraction of sp³-hybridized carbons (Fsp3) is 0.759. The minimum atomic E-state index is -1.45. The van der Waals surface area contributed by atoms with Gasteiger partial charge in [-0.3, -0.25) is 0 Å². The molecule has 4 aliphatic rings. The number of rotatable bonds is 5. The summed E-state index contributed by atoms with van der Waals surface area (Å²) in [5, 5.41) is 4.76. The Kier molecular flexibility index (Phi) is 6.31. The number of nitrogens with zero attached hydrogens (tertiary/aromatic N) is 1. The van der Waals surface area contributed by atoms with Gasteiger partial charge in [-0.25, -0.2) is 0 Å². The van der Waals surface area contributed by atoms with Gasteiger partial charge in [0.2, 0.25) is 0 Å². The van der Waals surface area contributed by atoms with Crippen LogP contribution in [0.1, 0.15) is 77.2 Å². The SMILES string of the molecule is C[C@]12CC[C@@H](O[Si](C)(C)C)C[C@H]1CC[C@@H]1[C@@H]2CC[C@]2(C)/C(=N\OCc3ccccc3)CC[C@@H]12. The molecule has 0 radical (unpaired) electrons. The van der Waals surface area contributed by atoms with E-state index in [0.717, 1.165) is 30.1 Å². The van der Waals surface area contributed by atoms with Crippen molar-refractivity contribution in [3.8, 4) is 0 Å². The van der Waals surface area contributed by atoms with E-state index in [2.05, 4.69) is 63.8 Å². The Hall–Kier alpha value is -1.13. The lowest BCUT2D eigenvalue weighted by atomic mass is 9.45. The number of hydrogen-bond acceptors (Lipinski definition) is 3. The van der Waals surface area contributed by atoms with E-state index >= 15 is 0 Å². The third-order valence-electron chi connectivity index (χ3n) is 10.1. The second-order valence-corrected chi connectivity index (χ2v) is 17.5. The monoisotopic (exact) mass is 467 g/mol. The van der Waals surface area contributed by atoms with E-state index < -0.39 is 8.32 Å². The van der Waals surface area contributed by atoms with Gasteiger partial charge in [-0.05, 0) is 112 Å². The third kappa shape index (κ3) is 4.47. The van der Waals surface area contributed by atoms with E-state index in [9.17, 15) is 0 Å². The maximum Gasteiger partial charge on any atom is 0.184 e. The molecule has 4 fully saturated rings. The summed E-state index contributed by atoms with van der Waals surface area (Å²) in [7, 11) is -1.45. The van der Waals surface area contributed by atoms with E-state index in [4.69, 9.17) is 14.4 Å². The molecule has 0 heterocycles. The molecule has 0 N–H and O–H groups in total. The van der Waals surface area contributed by atoms with Crippen LogP contribution in [0.15, 0.2) is 35.5 Å². The molecule has 7 atom stereocenters. The standard InChI is InChI=1S/C29H45NO2Si/c1-28-17-15-23(32-33(3,4)5)19-22(28)11-12-24-25-13-14-27(29(25,2)18-16-26(24)28)30-31-20-21-9-7-6-8-10-21/h6-10,22-26H,11-20H2,1-5H3/b30-27-/t22-,23-,24+,25+,26+,28+,29+/m1/s1. The van der Waals surface area contributed by atoms with E-state index in [1.165, 1.54) is 62.6 Å². The van der Waals surface area contributed by atoms with Gasteiger partial charge in [-0.2, -0.15) is 0 Å². The van der Waals surface area contributed by atoms with Crippen LogP contribution in [0.25, 0.3) is 0 Å². The molecule has 1 aromatic carbocycles. The van der Waals surface area contributed by atoms with Gasteiger partial charge in [0.1, 0.15) is 6.61 Å². The summed E-state index contributed by atoms with van der Waals surface area (Å²) >= 11 is 0. The molecular weight excluding hydrogens is 422 g/mol. The van der Waals surface area contributed by atoms with Gasteiger partial charge in [0, 0.05) is 11.5 Å². The fourth-order valence-electron chi connectivity index (χ4n) is 8.52. The summed E-state index contributed by atoms with van der Waals surface area (Å²) in [5.41, 5.74) is 3.32. The van der Waals surface area contributed by atoms with Crippen LogP contribution in [0.4, 0.5) is 0 Å². The summed E-state index contributed by atoms with van der Waals surface area (Å²) in [4.78, 5) is 5.89. The molecule has 0 unspecified atom stereocenters. The molecule has 5 rings (SSSR count). The summed E-state index contributed by atoms with van der Waals surface area (Å²) < 4.78 is 6.59. The largest absolute Gasteiger partial charge is 0.415 e. The Balaban J connectivity index is 1.26. The lowest BCUT2D eigenvalue weighted by molar-refractivity contribution is -0.111. The normalized spacial score (nSPS) is 41.8. The molecule has 1 aromatic rings. The topological polar surface area (TPSA) is 30.8 Å². The highest BCUT2D eigenvalue weighted by Crippen LogP contribution is 2.65. The van der Waals surface area contributed by atoms with Crippen molar-refractivity contribution in [1.82, 2.24) is 0 Å². The zero-order valence-electron chi connectivity index (χ0n) is 21.6. The molecule has 0 spiro atoms. The van der Waals surface area contributed by atoms with Crippen molar-refractivity contribution in [3.63, 3.8) is 0 Å². The highest BCUT2D eigenvalue weighted by Gasteiger charge is 2.59. The smallest absolute Gasteiger partial charge is 0.184 e. The quantitative estimate of drug-likeness (QED) is 0.326. The van der Waals surface area contributed by atoms with Crippen molar-refractivity contribution < 1.29 is 9.26 Å². The Bertz CT molecular complexity index is 864. The van der Waals surface area contributed by atoms with E-state index in [1.807, 2.05) is 0 Å². The zero-order chi connectivity index (χ0) is 23.3. The first-order valence-corrected chi connectivity index (χ1v) is 17.0. The van der Waals surface area contributed by atoms with Gasteiger partial charge in [0.25, 0.3) is 0 Å². The molecule has 33 heavy (non-hydrogen) atoms. The van der Waals surface area contributed by atoms with E-state index in [-0.39, 0.29) is 5.41 Å². The van der Waals surface area contributed by atoms with E-state index in [0.29, 0.717) is 18.1 Å². The van der Waals surface area contributed by atoms with Crippen LogP contribution >= 0.6 is 0 Å².